The summed E-state index contributed by atoms with van der Waals surface area (Å²) in [7, 11) is 0. The Labute approximate surface area is 216 Å². The van der Waals surface area contributed by atoms with E-state index in [2.05, 4.69) is 22.6 Å². The first kappa shape index (κ1) is 25.7. The third-order valence-electron chi connectivity index (χ3n) is 5.09. The highest BCUT2D eigenvalue weighted by molar-refractivity contribution is 14.1. The van der Waals surface area contributed by atoms with E-state index in [1.165, 1.54) is 6.07 Å². The van der Waals surface area contributed by atoms with E-state index in [9.17, 15) is 9.59 Å². The lowest BCUT2D eigenvalue weighted by molar-refractivity contribution is 0.0301. The van der Waals surface area contributed by atoms with Gasteiger partial charge in [0, 0.05) is 39.8 Å². The summed E-state index contributed by atoms with van der Waals surface area (Å²) in [6, 6.07) is 12.0. The number of morpholine rings is 2. The second-order valence-electron chi connectivity index (χ2n) is 7.24. The summed E-state index contributed by atoms with van der Waals surface area (Å²) in [5.41, 5.74) is 1.43. The minimum atomic E-state index is -0.137. The summed E-state index contributed by atoms with van der Waals surface area (Å²) in [5.74, 6) is -0.0779. The Morgan fingerprint density at radius 2 is 1.27 bits per heavy atom. The molecule has 10 heteroatoms. The molecule has 2 fully saturated rings. The summed E-state index contributed by atoms with van der Waals surface area (Å²) in [6.45, 7) is 4.78. The van der Waals surface area contributed by atoms with Crippen LogP contribution in [0.5, 0.6) is 0 Å². The van der Waals surface area contributed by atoms with Crippen molar-refractivity contribution in [2.45, 2.75) is 0 Å². The van der Waals surface area contributed by atoms with Gasteiger partial charge in [-0.1, -0.05) is 23.2 Å². The van der Waals surface area contributed by atoms with Crippen LogP contribution in [-0.2, 0) is 9.47 Å². The average Bonchev–Trinajstić information content (AvgIpc) is 2.84. The smallest absolute Gasteiger partial charge is 0.255 e. The van der Waals surface area contributed by atoms with Crippen LogP contribution in [0.4, 0.5) is 0 Å². The number of ether oxygens (including phenoxy) is 2. The van der Waals surface area contributed by atoms with Crippen molar-refractivity contribution in [1.82, 2.24) is 9.80 Å². The molecule has 33 heavy (non-hydrogen) atoms. The van der Waals surface area contributed by atoms with Gasteiger partial charge < -0.3 is 19.3 Å². The molecule has 4 rings (SSSR count). The SMILES string of the molecule is N#Cc1cc(Cl)ccc1C(=O)N1CCOCC1.O=C(c1ccc(Cl)cc1I)N1CCOCC1. The lowest BCUT2D eigenvalue weighted by atomic mass is 10.1. The van der Waals surface area contributed by atoms with Crippen molar-refractivity contribution in [1.29, 1.82) is 5.26 Å². The summed E-state index contributed by atoms with van der Waals surface area (Å²) in [5, 5.41) is 10.1. The zero-order valence-corrected chi connectivity index (χ0v) is 21.4. The van der Waals surface area contributed by atoms with Gasteiger partial charge in [-0.05, 0) is 59.0 Å². The van der Waals surface area contributed by atoms with Crippen molar-refractivity contribution >= 4 is 57.6 Å². The van der Waals surface area contributed by atoms with Gasteiger partial charge >= 0.3 is 0 Å². The van der Waals surface area contributed by atoms with Gasteiger partial charge in [-0.3, -0.25) is 9.59 Å². The van der Waals surface area contributed by atoms with Crippen LogP contribution in [0.1, 0.15) is 26.3 Å². The molecule has 0 radical (unpaired) electrons. The molecule has 0 aromatic heterocycles. The van der Waals surface area contributed by atoms with Crippen molar-refractivity contribution in [3.63, 3.8) is 0 Å². The third-order valence-corrected chi connectivity index (χ3v) is 6.45. The molecule has 0 N–H and O–H groups in total. The van der Waals surface area contributed by atoms with Crippen LogP contribution in [0, 0.1) is 14.9 Å². The molecular weight excluding hydrogens is 580 g/mol. The largest absolute Gasteiger partial charge is 0.378 e. The number of rotatable bonds is 2. The summed E-state index contributed by atoms with van der Waals surface area (Å²) < 4.78 is 11.3. The normalized spacial score (nSPS) is 15.8. The first-order chi connectivity index (χ1) is 15.9. The molecule has 2 aromatic carbocycles. The van der Waals surface area contributed by atoms with E-state index < -0.39 is 0 Å². The van der Waals surface area contributed by atoms with Crippen molar-refractivity contribution in [3.05, 3.63) is 66.7 Å². The van der Waals surface area contributed by atoms with Crippen molar-refractivity contribution in [3.8, 4) is 6.07 Å². The van der Waals surface area contributed by atoms with Crippen LogP contribution in [0.25, 0.3) is 0 Å². The lowest BCUT2D eigenvalue weighted by Gasteiger charge is -2.27. The Morgan fingerprint density at radius 3 is 1.76 bits per heavy atom. The molecule has 0 atom stereocenters. The summed E-state index contributed by atoms with van der Waals surface area (Å²) >= 11 is 13.8. The predicted octanol–water partition coefficient (Wildman–Crippen LogP) is 4.10. The highest BCUT2D eigenvalue weighted by Gasteiger charge is 2.21. The second-order valence-corrected chi connectivity index (χ2v) is 9.27. The van der Waals surface area contributed by atoms with Gasteiger partial charge in [0.2, 0.25) is 0 Å². The quantitative estimate of drug-likeness (QED) is 0.484. The van der Waals surface area contributed by atoms with Crippen molar-refractivity contribution in [2.75, 3.05) is 52.6 Å². The lowest BCUT2D eigenvalue weighted by Crippen LogP contribution is -2.40. The second kappa shape index (κ2) is 12.5. The van der Waals surface area contributed by atoms with E-state index >= 15 is 0 Å². The number of nitrogens with zero attached hydrogens (tertiary/aromatic N) is 3. The van der Waals surface area contributed by atoms with Gasteiger partial charge in [-0.25, -0.2) is 0 Å². The van der Waals surface area contributed by atoms with Gasteiger partial charge in [0.15, 0.2) is 0 Å². The topological polar surface area (TPSA) is 82.9 Å². The van der Waals surface area contributed by atoms with E-state index in [1.807, 2.05) is 11.0 Å². The van der Waals surface area contributed by atoms with Crippen LogP contribution in [0.2, 0.25) is 10.0 Å². The molecule has 0 saturated carbocycles. The zero-order valence-electron chi connectivity index (χ0n) is 17.7. The van der Waals surface area contributed by atoms with E-state index in [-0.39, 0.29) is 11.8 Å². The minimum absolute atomic E-state index is 0.0596. The molecule has 2 saturated heterocycles. The van der Waals surface area contributed by atoms with Crippen molar-refractivity contribution < 1.29 is 19.1 Å². The summed E-state index contributed by atoms with van der Waals surface area (Å²) in [6.07, 6.45) is 0. The number of hydrogen-bond donors (Lipinski definition) is 0. The molecular formula is C23H22Cl2IN3O4. The monoisotopic (exact) mass is 601 g/mol. The molecule has 0 unspecified atom stereocenters. The number of carbonyl (C=O) groups excluding carboxylic acids is 2. The number of nitriles is 1. The number of hydrogen-bond acceptors (Lipinski definition) is 5. The number of halogens is 3. The Kier molecular flexibility index (Phi) is 9.77. The van der Waals surface area contributed by atoms with Gasteiger partial charge in [0.25, 0.3) is 11.8 Å². The maximum Gasteiger partial charge on any atom is 0.255 e. The average molecular weight is 602 g/mol. The van der Waals surface area contributed by atoms with E-state index in [0.717, 1.165) is 3.57 Å². The predicted molar refractivity (Wildman–Crippen MR) is 134 cm³/mol. The van der Waals surface area contributed by atoms with Crippen LogP contribution < -0.4 is 0 Å². The molecule has 2 aliphatic heterocycles. The number of carbonyl (C=O) groups is 2. The van der Waals surface area contributed by atoms with Crippen LogP contribution in [-0.4, -0.2) is 74.2 Å². The highest BCUT2D eigenvalue weighted by atomic mass is 127. The third kappa shape index (κ3) is 7.04. The molecule has 0 bridgehead atoms. The van der Waals surface area contributed by atoms with Gasteiger partial charge in [0.1, 0.15) is 6.07 Å². The Bertz CT molecular complexity index is 1050. The Balaban J connectivity index is 0.000000186. The molecule has 174 valence electrons. The molecule has 0 spiro atoms. The van der Waals surface area contributed by atoms with Crippen molar-refractivity contribution in [2.24, 2.45) is 0 Å². The molecule has 7 nitrogen and oxygen atoms in total. The first-order valence-electron chi connectivity index (χ1n) is 10.3. The summed E-state index contributed by atoms with van der Waals surface area (Å²) in [4.78, 5) is 27.8. The highest BCUT2D eigenvalue weighted by Crippen LogP contribution is 2.20. The Hall–Kier alpha value is -1.90. The molecule has 2 amide bonds. The van der Waals surface area contributed by atoms with Gasteiger partial charge in [-0.2, -0.15) is 5.26 Å². The van der Waals surface area contributed by atoms with Gasteiger partial charge in [-0.15, -0.1) is 0 Å². The van der Waals surface area contributed by atoms with Crippen LogP contribution >= 0.6 is 45.8 Å². The molecule has 2 heterocycles. The van der Waals surface area contributed by atoms with E-state index in [0.29, 0.717) is 79.3 Å². The fourth-order valence-corrected chi connectivity index (χ4v) is 4.61. The maximum atomic E-state index is 12.2. The van der Waals surface area contributed by atoms with Crippen LogP contribution in [0.15, 0.2) is 36.4 Å². The van der Waals surface area contributed by atoms with E-state index in [1.54, 1.807) is 35.2 Å². The number of benzene rings is 2. The molecule has 2 aromatic rings. The number of amides is 2. The fourth-order valence-electron chi connectivity index (χ4n) is 3.33. The zero-order chi connectivity index (χ0) is 23.8. The fraction of sp³-hybridized carbons (Fsp3) is 0.348. The maximum absolute atomic E-state index is 12.2. The first-order valence-corrected chi connectivity index (χ1v) is 12.1. The Morgan fingerprint density at radius 1 is 0.818 bits per heavy atom. The van der Waals surface area contributed by atoms with Crippen LogP contribution in [0.3, 0.4) is 0 Å². The van der Waals surface area contributed by atoms with Gasteiger partial charge in [0.05, 0.1) is 43.1 Å². The molecule has 2 aliphatic rings. The minimum Gasteiger partial charge on any atom is -0.378 e. The van der Waals surface area contributed by atoms with E-state index in [4.69, 9.17) is 37.9 Å². The molecule has 0 aliphatic carbocycles. The standard InChI is InChI=1S/C12H11ClN2O2.C11H11ClINO2/c13-10-1-2-11(9(7-10)8-14)12(16)15-3-5-17-6-4-15;12-8-1-2-9(10(13)7-8)11(15)14-3-5-16-6-4-14/h1-2,7H,3-6H2;1-2,7H,3-6H2.